The number of para-hydroxylation sites is 1. The monoisotopic (exact) mass is 469 g/mol. The van der Waals surface area contributed by atoms with Crippen molar-refractivity contribution >= 4 is 16.9 Å². The van der Waals surface area contributed by atoms with Crippen LogP contribution >= 0.6 is 0 Å². The third-order valence-corrected chi connectivity index (χ3v) is 6.89. The summed E-state index contributed by atoms with van der Waals surface area (Å²) < 4.78 is 22.0. The Hall–Kier alpha value is -4.33. The summed E-state index contributed by atoms with van der Waals surface area (Å²) in [6.45, 7) is 1.42. The maximum absolute atomic E-state index is 13.5. The van der Waals surface area contributed by atoms with E-state index in [2.05, 4.69) is 28.5 Å². The molecular weight excluding hydrogens is 446 g/mol. The average molecular weight is 469 g/mol. The van der Waals surface area contributed by atoms with E-state index in [1.54, 1.807) is 0 Å². The van der Waals surface area contributed by atoms with Crippen LogP contribution in [0.3, 0.4) is 0 Å². The molecule has 0 radical (unpaired) electrons. The lowest BCUT2D eigenvalue weighted by Gasteiger charge is -2.36. The van der Waals surface area contributed by atoms with Crippen LogP contribution in [0.5, 0.6) is 23.0 Å². The van der Waals surface area contributed by atoms with Gasteiger partial charge in [-0.3, -0.25) is 0 Å². The fourth-order valence-electron chi connectivity index (χ4n) is 5.22. The van der Waals surface area contributed by atoms with Crippen molar-refractivity contribution < 1.29 is 23.7 Å². The maximum atomic E-state index is 13.5. The fourth-order valence-corrected chi connectivity index (χ4v) is 5.22. The highest BCUT2D eigenvalue weighted by molar-refractivity contribution is 5.86. The highest BCUT2D eigenvalue weighted by Gasteiger charge is 2.35. The molecule has 2 amide bonds. The number of H-pyrrole nitrogens is 1. The lowest BCUT2D eigenvalue weighted by molar-refractivity contribution is 0.173. The SMILES string of the molecule is O=C(NCc1ccc2c(c1)OCO2)N1CCc2c([nH]c3ccccc23)C1c1ccc2c(c1)OCO2. The second-order valence-electron chi connectivity index (χ2n) is 8.87. The molecule has 1 aromatic heterocycles. The van der Waals surface area contributed by atoms with Crippen LogP contribution in [0.1, 0.15) is 28.4 Å². The normalized spacial score (nSPS) is 17.5. The van der Waals surface area contributed by atoms with E-state index in [0.717, 1.165) is 40.3 Å². The summed E-state index contributed by atoms with van der Waals surface area (Å²) in [6.07, 6.45) is 0.776. The van der Waals surface area contributed by atoms with Crippen LogP contribution in [-0.2, 0) is 13.0 Å². The molecule has 35 heavy (non-hydrogen) atoms. The van der Waals surface area contributed by atoms with Crippen molar-refractivity contribution in [2.45, 2.75) is 19.0 Å². The van der Waals surface area contributed by atoms with Crippen LogP contribution in [0.15, 0.2) is 60.7 Å². The van der Waals surface area contributed by atoms with Crippen molar-refractivity contribution in [3.63, 3.8) is 0 Å². The summed E-state index contributed by atoms with van der Waals surface area (Å²) in [4.78, 5) is 19.0. The average Bonchev–Trinajstić information content (AvgIpc) is 3.63. The van der Waals surface area contributed by atoms with Crippen molar-refractivity contribution in [2.75, 3.05) is 20.1 Å². The van der Waals surface area contributed by atoms with Crippen LogP contribution in [0.4, 0.5) is 4.79 Å². The molecule has 1 atom stereocenters. The van der Waals surface area contributed by atoms with Crippen LogP contribution < -0.4 is 24.3 Å². The molecule has 176 valence electrons. The van der Waals surface area contributed by atoms with E-state index in [9.17, 15) is 4.79 Å². The van der Waals surface area contributed by atoms with Gasteiger partial charge >= 0.3 is 6.03 Å². The Morgan fingerprint density at radius 2 is 1.66 bits per heavy atom. The Morgan fingerprint density at radius 1 is 0.914 bits per heavy atom. The van der Waals surface area contributed by atoms with Crippen LogP contribution in [0, 0.1) is 0 Å². The minimum atomic E-state index is -0.280. The molecule has 0 saturated heterocycles. The molecule has 0 spiro atoms. The first-order valence-corrected chi connectivity index (χ1v) is 11.7. The summed E-state index contributed by atoms with van der Waals surface area (Å²) in [6, 6.07) is 19.5. The molecule has 0 aliphatic carbocycles. The van der Waals surface area contributed by atoms with Gasteiger partial charge in [0.1, 0.15) is 0 Å². The molecule has 8 nitrogen and oxygen atoms in total. The lowest BCUT2D eigenvalue weighted by Crippen LogP contribution is -2.45. The molecule has 2 N–H and O–H groups in total. The molecular formula is C27H23N3O5. The Kier molecular flexibility index (Phi) is 4.51. The van der Waals surface area contributed by atoms with Gasteiger partial charge in [0.15, 0.2) is 23.0 Å². The first kappa shape index (κ1) is 20.1. The second kappa shape index (κ2) is 7.87. The second-order valence-corrected chi connectivity index (χ2v) is 8.87. The van der Waals surface area contributed by atoms with Gasteiger partial charge in [0, 0.05) is 29.7 Å². The molecule has 0 fully saturated rings. The molecule has 1 unspecified atom stereocenters. The van der Waals surface area contributed by atoms with Gasteiger partial charge < -0.3 is 34.1 Å². The van der Waals surface area contributed by atoms with Gasteiger partial charge in [-0.1, -0.05) is 30.3 Å². The summed E-state index contributed by atoms with van der Waals surface area (Å²) in [7, 11) is 0. The van der Waals surface area contributed by atoms with Crippen molar-refractivity contribution in [3.05, 3.63) is 83.0 Å². The zero-order chi connectivity index (χ0) is 23.4. The Bertz CT molecular complexity index is 1460. The number of benzene rings is 3. The van der Waals surface area contributed by atoms with Gasteiger partial charge in [0.25, 0.3) is 0 Å². The molecule has 7 rings (SSSR count). The van der Waals surface area contributed by atoms with Crippen molar-refractivity contribution in [1.29, 1.82) is 0 Å². The highest BCUT2D eigenvalue weighted by atomic mass is 16.7. The minimum absolute atomic E-state index is 0.130. The first-order chi connectivity index (χ1) is 17.2. The molecule has 3 aliphatic heterocycles. The molecule has 3 aliphatic rings. The first-order valence-electron chi connectivity index (χ1n) is 11.7. The zero-order valence-electron chi connectivity index (χ0n) is 18.9. The molecule has 8 heteroatoms. The number of nitrogens with zero attached hydrogens (tertiary/aromatic N) is 1. The smallest absolute Gasteiger partial charge is 0.318 e. The number of amides is 2. The molecule has 4 heterocycles. The van der Waals surface area contributed by atoms with Gasteiger partial charge in [-0.05, 0) is 53.4 Å². The number of nitrogens with one attached hydrogen (secondary N) is 2. The standard InChI is InChI=1S/C27H23N3O5/c31-27(28-13-16-5-7-21-23(11-16)34-14-32-21)30-10-9-19-18-3-1-2-4-20(18)29-25(19)26(30)17-6-8-22-24(12-17)35-15-33-22/h1-8,11-12,26,29H,9-10,13-15H2,(H,28,31). The van der Waals surface area contributed by atoms with Crippen LogP contribution in [0.25, 0.3) is 10.9 Å². The quantitative estimate of drug-likeness (QED) is 0.462. The number of hydrogen-bond donors (Lipinski definition) is 2. The van der Waals surface area contributed by atoms with E-state index >= 15 is 0 Å². The topological polar surface area (TPSA) is 85.1 Å². The number of rotatable bonds is 3. The maximum Gasteiger partial charge on any atom is 0.318 e. The predicted molar refractivity (Wildman–Crippen MR) is 128 cm³/mol. The predicted octanol–water partition coefficient (Wildman–Crippen LogP) is 4.48. The van der Waals surface area contributed by atoms with Gasteiger partial charge in [0.05, 0.1) is 6.04 Å². The number of ether oxygens (including phenoxy) is 4. The third-order valence-electron chi connectivity index (χ3n) is 6.89. The van der Waals surface area contributed by atoms with E-state index in [0.29, 0.717) is 24.6 Å². The number of carbonyl (C=O) groups excluding carboxylic acids is 1. The minimum Gasteiger partial charge on any atom is -0.454 e. The molecule has 4 aromatic rings. The lowest BCUT2D eigenvalue weighted by atomic mass is 9.92. The van der Waals surface area contributed by atoms with E-state index in [-0.39, 0.29) is 25.7 Å². The van der Waals surface area contributed by atoms with Gasteiger partial charge in [-0.2, -0.15) is 0 Å². The Labute approximate surface area is 201 Å². The number of aromatic nitrogens is 1. The molecule has 0 bridgehead atoms. The van der Waals surface area contributed by atoms with Gasteiger partial charge in [0.2, 0.25) is 13.6 Å². The number of fused-ring (bicyclic) bond motifs is 5. The summed E-state index contributed by atoms with van der Waals surface area (Å²) in [5.74, 6) is 2.85. The number of carbonyl (C=O) groups is 1. The number of urea groups is 1. The van der Waals surface area contributed by atoms with Gasteiger partial charge in [-0.15, -0.1) is 0 Å². The van der Waals surface area contributed by atoms with Gasteiger partial charge in [-0.25, -0.2) is 4.79 Å². The van der Waals surface area contributed by atoms with Crippen molar-refractivity contribution in [2.24, 2.45) is 0 Å². The van der Waals surface area contributed by atoms with Crippen LogP contribution in [-0.4, -0.2) is 36.0 Å². The number of hydrogen-bond acceptors (Lipinski definition) is 5. The van der Waals surface area contributed by atoms with Crippen molar-refractivity contribution in [1.82, 2.24) is 15.2 Å². The van der Waals surface area contributed by atoms with E-state index < -0.39 is 0 Å². The van der Waals surface area contributed by atoms with E-state index in [1.165, 1.54) is 10.9 Å². The molecule has 0 saturated carbocycles. The fraction of sp³-hybridized carbons (Fsp3) is 0.222. The van der Waals surface area contributed by atoms with E-state index in [1.807, 2.05) is 47.4 Å². The van der Waals surface area contributed by atoms with E-state index in [4.69, 9.17) is 18.9 Å². The Morgan fingerprint density at radius 3 is 2.51 bits per heavy atom. The third kappa shape index (κ3) is 3.32. The summed E-state index contributed by atoms with van der Waals surface area (Å²) in [5.41, 5.74) is 5.29. The zero-order valence-corrected chi connectivity index (χ0v) is 18.9. The molecule has 3 aromatic carbocycles. The van der Waals surface area contributed by atoms with Crippen molar-refractivity contribution in [3.8, 4) is 23.0 Å². The largest absolute Gasteiger partial charge is 0.454 e. The Balaban J connectivity index is 1.22. The highest BCUT2D eigenvalue weighted by Crippen LogP contribution is 2.42. The van der Waals surface area contributed by atoms with Crippen LogP contribution in [0.2, 0.25) is 0 Å². The number of aromatic amines is 1. The summed E-state index contributed by atoms with van der Waals surface area (Å²) >= 11 is 0. The summed E-state index contributed by atoms with van der Waals surface area (Å²) in [5, 5.41) is 4.30.